The average Bonchev–Trinajstić information content (AvgIpc) is 3.22. The van der Waals surface area contributed by atoms with Crippen molar-refractivity contribution in [2.45, 2.75) is 37.8 Å². The number of anilines is 1. The third kappa shape index (κ3) is 5.71. The van der Waals surface area contributed by atoms with E-state index in [2.05, 4.69) is 16.0 Å². The fourth-order valence-electron chi connectivity index (χ4n) is 3.49. The molecule has 7 heteroatoms. The van der Waals surface area contributed by atoms with E-state index in [1.807, 2.05) is 30.3 Å². The first-order valence-corrected chi connectivity index (χ1v) is 9.96. The van der Waals surface area contributed by atoms with Gasteiger partial charge in [0.2, 0.25) is 5.91 Å². The minimum Gasteiger partial charge on any atom is -0.492 e. The lowest BCUT2D eigenvalue weighted by Crippen LogP contribution is -2.57. The van der Waals surface area contributed by atoms with Crippen LogP contribution in [-0.4, -0.2) is 30.6 Å². The van der Waals surface area contributed by atoms with Crippen LogP contribution >= 0.6 is 0 Å². The summed E-state index contributed by atoms with van der Waals surface area (Å²) in [6.45, 7) is 1.30. The summed E-state index contributed by atoms with van der Waals surface area (Å²) in [4.78, 5) is 25.5. The number of amides is 3. The van der Waals surface area contributed by atoms with Crippen LogP contribution in [0.2, 0.25) is 0 Å². The molecule has 7 nitrogen and oxygen atoms in total. The van der Waals surface area contributed by atoms with Crippen LogP contribution in [-0.2, 0) is 11.3 Å². The molecule has 1 aliphatic rings. The fourth-order valence-corrected chi connectivity index (χ4v) is 3.49. The van der Waals surface area contributed by atoms with E-state index in [4.69, 9.17) is 10.5 Å². The fraction of sp³-hybridized carbons (Fsp3) is 0.364. The topological polar surface area (TPSA) is 105 Å². The second-order valence-corrected chi connectivity index (χ2v) is 7.20. The van der Waals surface area contributed by atoms with Gasteiger partial charge in [-0.05, 0) is 42.7 Å². The summed E-state index contributed by atoms with van der Waals surface area (Å²) >= 11 is 0. The molecule has 0 spiro atoms. The quantitative estimate of drug-likeness (QED) is 0.550. The number of urea groups is 1. The molecule has 154 valence electrons. The van der Waals surface area contributed by atoms with E-state index in [0.29, 0.717) is 44.0 Å². The summed E-state index contributed by atoms with van der Waals surface area (Å²) in [7, 11) is 0. The first kappa shape index (κ1) is 20.7. The zero-order valence-electron chi connectivity index (χ0n) is 16.4. The van der Waals surface area contributed by atoms with Crippen LogP contribution in [0, 0.1) is 0 Å². The average molecular weight is 396 g/mol. The van der Waals surface area contributed by atoms with Crippen molar-refractivity contribution in [2.24, 2.45) is 5.73 Å². The van der Waals surface area contributed by atoms with Gasteiger partial charge in [0.15, 0.2) is 0 Å². The molecule has 1 fully saturated rings. The number of hydrogen-bond donors (Lipinski definition) is 4. The van der Waals surface area contributed by atoms with E-state index < -0.39 is 5.54 Å². The zero-order valence-corrected chi connectivity index (χ0v) is 16.4. The zero-order chi connectivity index (χ0) is 20.5. The van der Waals surface area contributed by atoms with Crippen LogP contribution in [0.1, 0.15) is 31.2 Å². The molecular weight excluding hydrogens is 368 g/mol. The molecule has 1 saturated carbocycles. The van der Waals surface area contributed by atoms with Crippen molar-refractivity contribution in [3.63, 3.8) is 0 Å². The molecule has 29 heavy (non-hydrogen) atoms. The van der Waals surface area contributed by atoms with Gasteiger partial charge >= 0.3 is 6.03 Å². The molecule has 0 heterocycles. The maximum Gasteiger partial charge on any atom is 0.315 e. The second-order valence-electron chi connectivity index (χ2n) is 7.20. The van der Waals surface area contributed by atoms with E-state index in [-0.39, 0.29) is 11.9 Å². The minimum atomic E-state index is -0.893. The number of nitrogens with two attached hydrogens (primary N) is 1. The van der Waals surface area contributed by atoms with Crippen molar-refractivity contribution in [1.29, 1.82) is 0 Å². The molecule has 0 unspecified atom stereocenters. The Morgan fingerprint density at radius 1 is 1.00 bits per heavy atom. The van der Waals surface area contributed by atoms with Gasteiger partial charge in [-0.2, -0.15) is 0 Å². The van der Waals surface area contributed by atoms with Crippen LogP contribution < -0.4 is 26.4 Å². The highest BCUT2D eigenvalue weighted by atomic mass is 16.5. The maximum absolute atomic E-state index is 13.0. The summed E-state index contributed by atoms with van der Waals surface area (Å²) in [5, 5.41) is 8.69. The summed E-state index contributed by atoms with van der Waals surface area (Å²) in [5.74, 6) is 0.503. The number of ether oxygens (including phenoxy) is 1. The minimum absolute atomic E-state index is 0.194. The molecule has 0 atom stereocenters. The molecule has 0 aliphatic heterocycles. The highest BCUT2D eigenvalue weighted by Crippen LogP contribution is 2.31. The smallest absolute Gasteiger partial charge is 0.315 e. The summed E-state index contributed by atoms with van der Waals surface area (Å²) in [6, 6.07) is 16.5. The predicted octanol–water partition coefficient (Wildman–Crippen LogP) is 2.77. The van der Waals surface area contributed by atoms with Gasteiger partial charge < -0.3 is 26.4 Å². The normalized spacial score (nSPS) is 14.8. The lowest BCUT2D eigenvalue weighted by Gasteiger charge is -2.29. The monoisotopic (exact) mass is 396 g/mol. The van der Waals surface area contributed by atoms with Crippen LogP contribution in [0.15, 0.2) is 54.6 Å². The van der Waals surface area contributed by atoms with E-state index in [1.54, 1.807) is 24.3 Å². The Labute approximate surface area is 171 Å². The first-order valence-electron chi connectivity index (χ1n) is 9.96. The number of carbonyl (C=O) groups excluding carboxylic acids is 2. The highest BCUT2D eigenvalue weighted by molar-refractivity contribution is 6.00. The van der Waals surface area contributed by atoms with Gasteiger partial charge in [-0.1, -0.05) is 43.2 Å². The van der Waals surface area contributed by atoms with Gasteiger partial charge in [-0.15, -0.1) is 0 Å². The second kappa shape index (κ2) is 9.93. The Morgan fingerprint density at radius 3 is 2.34 bits per heavy atom. The van der Waals surface area contributed by atoms with Crippen molar-refractivity contribution in [3.05, 3.63) is 60.2 Å². The molecule has 2 aromatic rings. The Morgan fingerprint density at radius 2 is 1.69 bits per heavy atom. The predicted molar refractivity (Wildman–Crippen MR) is 113 cm³/mol. The first-order chi connectivity index (χ1) is 14.1. The third-order valence-corrected chi connectivity index (χ3v) is 5.04. The molecule has 2 aromatic carbocycles. The molecular formula is C22H28N4O3. The van der Waals surface area contributed by atoms with Gasteiger partial charge in [0.1, 0.15) is 17.9 Å². The molecule has 3 amide bonds. The van der Waals surface area contributed by atoms with Crippen LogP contribution in [0.4, 0.5) is 10.5 Å². The van der Waals surface area contributed by atoms with E-state index >= 15 is 0 Å². The van der Waals surface area contributed by atoms with Crippen molar-refractivity contribution >= 4 is 17.6 Å². The van der Waals surface area contributed by atoms with Crippen molar-refractivity contribution < 1.29 is 14.3 Å². The van der Waals surface area contributed by atoms with Crippen molar-refractivity contribution in [2.75, 3.05) is 18.5 Å². The highest BCUT2D eigenvalue weighted by Gasteiger charge is 2.42. The lowest BCUT2D eigenvalue weighted by atomic mass is 9.96. The molecule has 5 N–H and O–H groups in total. The number of nitrogens with one attached hydrogen (secondary N) is 3. The van der Waals surface area contributed by atoms with Crippen molar-refractivity contribution in [3.8, 4) is 5.75 Å². The van der Waals surface area contributed by atoms with Gasteiger partial charge in [0.25, 0.3) is 0 Å². The lowest BCUT2D eigenvalue weighted by molar-refractivity contribution is -0.121. The Balaban J connectivity index is 1.58. The Kier molecular flexibility index (Phi) is 7.08. The Bertz CT molecular complexity index is 803. The van der Waals surface area contributed by atoms with Crippen molar-refractivity contribution in [1.82, 2.24) is 10.6 Å². The van der Waals surface area contributed by atoms with Crippen LogP contribution in [0.25, 0.3) is 0 Å². The van der Waals surface area contributed by atoms with E-state index in [9.17, 15) is 9.59 Å². The van der Waals surface area contributed by atoms with Gasteiger partial charge in [-0.3, -0.25) is 4.79 Å². The molecule has 3 rings (SSSR count). The van der Waals surface area contributed by atoms with E-state index in [0.717, 1.165) is 18.4 Å². The molecule has 0 radical (unpaired) electrons. The van der Waals surface area contributed by atoms with E-state index in [1.165, 1.54) is 0 Å². The maximum atomic E-state index is 13.0. The van der Waals surface area contributed by atoms with Gasteiger partial charge in [0, 0.05) is 18.8 Å². The number of benzene rings is 2. The summed E-state index contributed by atoms with van der Waals surface area (Å²) in [6.07, 6.45) is 3.04. The number of hydrogen-bond acceptors (Lipinski definition) is 4. The molecule has 0 aromatic heterocycles. The van der Waals surface area contributed by atoms with Crippen LogP contribution in [0.3, 0.4) is 0 Å². The molecule has 0 saturated heterocycles. The standard InChI is InChI=1S/C22H28N4O3/c23-14-15-29-19-10-8-18(9-11-19)25-20(27)22(12-4-5-13-22)26-21(28)24-16-17-6-2-1-3-7-17/h1-3,6-11H,4-5,12-16,23H2,(H,25,27)(H2,24,26,28). The number of carbonyl (C=O) groups is 2. The van der Waals surface area contributed by atoms with Crippen LogP contribution in [0.5, 0.6) is 5.75 Å². The Hall–Kier alpha value is -3.06. The van der Waals surface area contributed by atoms with Gasteiger partial charge in [-0.25, -0.2) is 4.79 Å². The molecule has 0 bridgehead atoms. The summed E-state index contributed by atoms with van der Waals surface area (Å²) < 4.78 is 5.45. The van der Waals surface area contributed by atoms with Gasteiger partial charge in [0.05, 0.1) is 0 Å². The SMILES string of the molecule is NCCOc1ccc(NC(=O)C2(NC(=O)NCc3ccccc3)CCCC2)cc1. The number of rotatable bonds is 8. The summed E-state index contributed by atoms with van der Waals surface area (Å²) in [5.41, 5.74) is 6.20. The molecule has 1 aliphatic carbocycles. The third-order valence-electron chi connectivity index (χ3n) is 5.04. The largest absolute Gasteiger partial charge is 0.492 e.